The van der Waals surface area contributed by atoms with Gasteiger partial charge in [-0.1, -0.05) is 36.0 Å². The van der Waals surface area contributed by atoms with Crippen LogP contribution in [0.5, 0.6) is 0 Å². The van der Waals surface area contributed by atoms with Crippen molar-refractivity contribution in [2.75, 3.05) is 6.26 Å². The van der Waals surface area contributed by atoms with E-state index in [0.29, 0.717) is 10.7 Å². The molecule has 0 atom stereocenters. The van der Waals surface area contributed by atoms with Crippen molar-refractivity contribution in [1.29, 1.82) is 10.5 Å². The molecule has 1 N–H and O–H groups in total. The van der Waals surface area contributed by atoms with Gasteiger partial charge in [-0.15, -0.1) is 0 Å². The Hall–Kier alpha value is -2.76. The maximum atomic E-state index is 8.93. The lowest BCUT2D eigenvalue weighted by molar-refractivity contribution is 1.28. The molecule has 0 bridgehead atoms. The normalized spacial score (nSPS) is 10.5. The van der Waals surface area contributed by atoms with Gasteiger partial charge in [-0.2, -0.15) is 10.5 Å². The minimum absolute atomic E-state index is 0.553. The van der Waals surface area contributed by atoms with Gasteiger partial charge < -0.3 is 0 Å². The van der Waals surface area contributed by atoms with Gasteiger partial charge in [0.1, 0.15) is 0 Å². The molecular formula is C16H12N4S. The van der Waals surface area contributed by atoms with Crippen molar-refractivity contribution in [3.8, 4) is 23.4 Å². The van der Waals surface area contributed by atoms with Crippen LogP contribution in [0.2, 0.25) is 0 Å². The Morgan fingerprint density at radius 3 is 2.48 bits per heavy atom. The van der Waals surface area contributed by atoms with E-state index in [4.69, 9.17) is 10.5 Å². The van der Waals surface area contributed by atoms with E-state index in [1.165, 1.54) is 11.8 Å². The molecule has 102 valence electrons. The lowest BCUT2D eigenvalue weighted by atomic mass is 10.0. The summed E-state index contributed by atoms with van der Waals surface area (Å²) in [7, 11) is 0. The monoisotopic (exact) mass is 292 g/mol. The Kier molecular flexibility index (Phi) is 4.98. The minimum Gasteiger partial charge on any atom is -0.271 e. The van der Waals surface area contributed by atoms with Gasteiger partial charge in [-0.25, -0.2) is 4.99 Å². The predicted molar refractivity (Wildman–Crippen MR) is 86.0 cm³/mol. The van der Waals surface area contributed by atoms with Crippen molar-refractivity contribution in [2.45, 2.75) is 0 Å². The second kappa shape index (κ2) is 7.14. The molecule has 0 spiro atoms. The Bertz CT molecular complexity index is 736. The molecule has 0 heterocycles. The maximum absolute atomic E-state index is 8.93. The van der Waals surface area contributed by atoms with Crippen LogP contribution in [0.4, 0.5) is 5.69 Å². The second-order valence-corrected chi connectivity index (χ2v) is 4.89. The number of hydrogen-bond acceptors (Lipinski definition) is 4. The average molecular weight is 292 g/mol. The van der Waals surface area contributed by atoms with Gasteiger partial charge >= 0.3 is 0 Å². The van der Waals surface area contributed by atoms with E-state index >= 15 is 0 Å². The van der Waals surface area contributed by atoms with Crippen molar-refractivity contribution in [1.82, 2.24) is 5.32 Å². The number of hydrogen-bond donors (Lipinski definition) is 1. The van der Waals surface area contributed by atoms with Crippen LogP contribution in [0.1, 0.15) is 5.56 Å². The van der Waals surface area contributed by atoms with E-state index in [9.17, 15) is 0 Å². The van der Waals surface area contributed by atoms with Gasteiger partial charge in [0.2, 0.25) is 0 Å². The summed E-state index contributed by atoms with van der Waals surface area (Å²) in [4.78, 5) is 4.33. The van der Waals surface area contributed by atoms with Crippen molar-refractivity contribution < 1.29 is 0 Å². The van der Waals surface area contributed by atoms with Crippen molar-refractivity contribution in [3.63, 3.8) is 0 Å². The van der Waals surface area contributed by atoms with Crippen LogP contribution in [-0.2, 0) is 0 Å². The predicted octanol–water partition coefficient (Wildman–Crippen LogP) is 3.65. The molecule has 0 aromatic heterocycles. The number of rotatable bonds is 2. The van der Waals surface area contributed by atoms with Crippen LogP contribution < -0.4 is 5.32 Å². The van der Waals surface area contributed by atoms with E-state index in [1.54, 1.807) is 6.07 Å². The lowest BCUT2D eigenvalue weighted by Crippen LogP contribution is -2.12. The SMILES string of the molecule is CSC(=Nc1ccc(-c2cccc(C#N)c2)cc1)NC#N. The van der Waals surface area contributed by atoms with Crippen LogP contribution in [0, 0.1) is 22.8 Å². The number of nitriles is 2. The van der Waals surface area contributed by atoms with Gasteiger partial charge in [0, 0.05) is 0 Å². The quantitative estimate of drug-likeness (QED) is 0.397. The number of thioether (sulfide) groups is 1. The maximum Gasteiger partial charge on any atom is 0.183 e. The van der Waals surface area contributed by atoms with Crippen LogP contribution in [0.15, 0.2) is 53.5 Å². The number of benzene rings is 2. The first-order valence-corrected chi connectivity index (χ1v) is 7.37. The second-order valence-electron chi connectivity index (χ2n) is 4.10. The molecule has 4 nitrogen and oxygen atoms in total. The van der Waals surface area contributed by atoms with Gasteiger partial charge in [-0.05, 0) is 41.6 Å². The number of amidine groups is 1. The lowest BCUT2D eigenvalue weighted by Gasteiger charge is -2.04. The molecular weight excluding hydrogens is 280 g/mol. The molecule has 21 heavy (non-hydrogen) atoms. The van der Waals surface area contributed by atoms with Gasteiger partial charge in [0.25, 0.3) is 0 Å². The van der Waals surface area contributed by atoms with Crippen LogP contribution >= 0.6 is 11.8 Å². The van der Waals surface area contributed by atoms with Crippen LogP contribution in [0.25, 0.3) is 11.1 Å². The summed E-state index contributed by atoms with van der Waals surface area (Å²) in [6.07, 6.45) is 3.71. The zero-order chi connectivity index (χ0) is 15.1. The summed E-state index contributed by atoms with van der Waals surface area (Å²) in [6.45, 7) is 0. The standard InChI is InChI=1S/C16H12N4S/c1-21-16(19-11-18)20-15-7-5-13(6-8-15)14-4-2-3-12(9-14)10-17/h2-9H,1H3,(H,19,20). The molecule has 2 rings (SSSR count). The van der Waals surface area contributed by atoms with Crippen molar-refractivity contribution >= 4 is 22.6 Å². The number of nitrogens with one attached hydrogen (secondary N) is 1. The topological polar surface area (TPSA) is 72.0 Å². The van der Waals surface area contributed by atoms with E-state index in [-0.39, 0.29) is 0 Å². The third-order valence-corrected chi connectivity index (χ3v) is 3.36. The molecule has 0 aliphatic carbocycles. The summed E-state index contributed by atoms with van der Waals surface area (Å²) in [5, 5.41) is 20.6. The average Bonchev–Trinajstić information content (AvgIpc) is 2.55. The zero-order valence-electron chi connectivity index (χ0n) is 11.4. The largest absolute Gasteiger partial charge is 0.271 e. The third kappa shape index (κ3) is 3.85. The number of aliphatic imine (C=N–C) groups is 1. The Morgan fingerprint density at radius 2 is 1.86 bits per heavy atom. The molecule has 5 heteroatoms. The molecule has 0 aliphatic heterocycles. The highest BCUT2D eigenvalue weighted by Crippen LogP contribution is 2.23. The first-order chi connectivity index (χ1) is 10.3. The zero-order valence-corrected chi connectivity index (χ0v) is 12.2. The number of nitrogens with zero attached hydrogens (tertiary/aromatic N) is 3. The molecule has 2 aromatic carbocycles. The fraction of sp³-hybridized carbons (Fsp3) is 0.0625. The molecule has 0 aliphatic rings. The van der Waals surface area contributed by atoms with Crippen LogP contribution in [0.3, 0.4) is 0 Å². The fourth-order valence-corrected chi connectivity index (χ4v) is 2.13. The van der Waals surface area contributed by atoms with E-state index in [2.05, 4.69) is 16.4 Å². The molecule has 0 saturated carbocycles. The minimum atomic E-state index is 0.553. The van der Waals surface area contributed by atoms with E-state index in [1.807, 2.05) is 54.9 Å². The van der Waals surface area contributed by atoms with Gasteiger partial charge in [-0.3, -0.25) is 5.32 Å². The molecule has 0 unspecified atom stereocenters. The highest BCUT2D eigenvalue weighted by Gasteiger charge is 2.00. The Morgan fingerprint density at radius 1 is 1.10 bits per heavy atom. The Labute approximate surface area is 127 Å². The smallest absolute Gasteiger partial charge is 0.183 e. The highest BCUT2D eigenvalue weighted by atomic mass is 32.2. The summed E-state index contributed by atoms with van der Waals surface area (Å²) < 4.78 is 0. The first kappa shape index (κ1) is 14.6. The summed E-state index contributed by atoms with van der Waals surface area (Å²) in [6, 6.07) is 17.2. The molecule has 0 fully saturated rings. The first-order valence-electron chi connectivity index (χ1n) is 6.15. The molecule has 0 amide bonds. The van der Waals surface area contributed by atoms with Gasteiger partial charge in [0.05, 0.1) is 17.3 Å². The summed E-state index contributed by atoms with van der Waals surface area (Å²) >= 11 is 1.38. The van der Waals surface area contributed by atoms with Crippen molar-refractivity contribution in [3.05, 3.63) is 54.1 Å². The van der Waals surface area contributed by atoms with E-state index < -0.39 is 0 Å². The molecule has 0 saturated heterocycles. The summed E-state index contributed by atoms with van der Waals surface area (Å²) in [5.41, 5.74) is 3.41. The Balaban J connectivity index is 2.27. The highest BCUT2D eigenvalue weighted by molar-refractivity contribution is 8.13. The van der Waals surface area contributed by atoms with Gasteiger partial charge in [0.15, 0.2) is 11.4 Å². The summed E-state index contributed by atoms with van der Waals surface area (Å²) in [5.74, 6) is 0. The third-order valence-electron chi connectivity index (χ3n) is 2.78. The fourth-order valence-electron chi connectivity index (χ4n) is 1.79. The van der Waals surface area contributed by atoms with Crippen molar-refractivity contribution in [2.24, 2.45) is 4.99 Å². The molecule has 0 radical (unpaired) electrons. The van der Waals surface area contributed by atoms with Crippen LogP contribution in [-0.4, -0.2) is 11.4 Å². The molecule has 2 aromatic rings. The van der Waals surface area contributed by atoms with E-state index in [0.717, 1.165) is 16.8 Å².